The molecule has 0 spiro atoms. The third-order valence-electron chi connectivity index (χ3n) is 5.23. The van der Waals surface area contributed by atoms with Gasteiger partial charge >= 0.3 is 0 Å². The van der Waals surface area contributed by atoms with Gasteiger partial charge < -0.3 is 14.7 Å². The Bertz CT molecular complexity index is 529. The number of rotatable bonds is 5. The smallest absolute Gasteiger partial charge is 0.251 e. The Balaban J connectivity index is 1.44. The van der Waals surface area contributed by atoms with Crippen LogP contribution in [-0.2, 0) is 16.1 Å². The topological polar surface area (TPSA) is 53.0 Å². The monoisotopic (exact) mass is 332 g/mol. The molecule has 0 unspecified atom stereocenters. The fraction of sp³-hybridized carbons (Fsp3) is 0.632. The third-order valence-corrected chi connectivity index (χ3v) is 5.23. The maximum atomic E-state index is 12.5. The minimum absolute atomic E-state index is 0.0672. The highest BCUT2D eigenvalue weighted by Gasteiger charge is 2.34. The van der Waals surface area contributed by atoms with E-state index in [-0.39, 0.29) is 18.1 Å². The van der Waals surface area contributed by atoms with Gasteiger partial charge in [-0.2, -0.15) is 0 Å². The lowest BCUT2D eigenvalue weighted by atomic mass is 10.1. The van der Waals surface area contributed by atoms with Crippen LogP contribution < -0.4 is 0 Å². The van der Waals surface area contributed by atoms with Crippen LogP contribution >= 0.6 is 0 Å². The van der Waals surface area contributed by atoms with Gasteiger partial charge in [-0.25, -0.2) is 0 Å². The summed E-state index contributed by atoms with van der Waals surface area (Å²) in [5.74, 6) is 0.0672. The molecule has 1 saturated heterocycles. The molecule has 24 heavy (non-hydrogen) atoms. The average molecular weight is 332 g/mol. The molecule has 0 bridgehead atoms. The number of benzene rings is 1. The largest absolute Gasteiger partial charge is 0.391 e. The summed E-state index contributed by atoms with van der Waals surface area (Å²) < 4.78 is 5.74. The molecule has 5 heteroatoms. The second kappa shape index (κ2) is 8.10. The van der Waals surface area contributed by atoms with E-state index >= 15 is 0 Å². The Hall–Kier alpha value is -1.43. The molecule has 1 heterocycles. The van der Waals surface area contributed by atoms with Crippen molar-refractivity contribution in [3.8, 4) is 0 Å². The number of carbonyl (C=O) groups excluding carboxylic acids is 1. The number of piperazine rings is 1. The van der Waals surface area contributed by atoms with Crippen molar-refractivity contribution in [2.75, 3.05) is 26.2 Å². The molecule has 1 amide bonds. The molecule has 1 aromatic rings. The lowest BCUT2D eigenvalue weighted by molar-refractivity contribution is -0.145. The number of carbonyl (C=O) groups is 1. The van der Waals surface area contributed by atoms with Crippen molar-refractivity contribution >= 4 is 5.91 Å². The Morgan fingerprint density at radius 3 is 2.54 bits per heavy atom. The fourth-order valence-electron chi connectivity index (χ4n) is 3.74. The maximum Gasteiger partial charge on any atom is 0.251 e. The Labute approximate surface area is 144 Å². The number of aliphatic hydroxyl groups is 1. The summed E-state index contributed by atoms with van der Waals surface area (Å²) in [5.41, 5.74) is 1.08. The van der Waals surface area contributed by atoms with Gasteiger partial charge in [0.25, 0.3) is 5.91 Å². The van der Waals surface area contributed by atoms with Crippen molar-refractivity contribution in [3.05, 3.63) is 35.9 Å². The first-order valence-electron chi connectivity index (χ1n) is 9.01. The zero-order valence-corrected chi connectivity index (χ0v) is 14.4. The first-order valence-corrected chi connectivity index (χ1v) is 9.01. The van der Waals surface area contributed by atoms with E-state index in [1.165, 1.54) is 0 Å². The fourth-order valence-corrected chi connectivity index (χ4v) is 3.74. The summed E-state index contributed by atoms with van der Waals surface area (Å²) in [4.78, 5) is 16.8. The van der Waals surface area contributed by atoms with Crippen molar-refractivity contribution < 1.29 is 14.6 Å². The molecule has 1 aliphatic carbocycles. The molecule has 1 N–H and O–H groups in total. The van der Waals surface area contributed by atoms with E-state index in [1.807, 2.05) is 42.2 Å². The summed E-state index contributed by atoms with van der Waals surface area (Å²) in [6.07, 6.45) is 2.48. The summed E-state index contributed by atoms with van der Waals surface area (Å²) in [6, 6.07) is 10.2. The summed E-state index contributed by atoms with van der Waals surface area (Å²) in [7, 11) is 0. The highest BCUT2D eigenvalue weighted by molar-refractivity contribution is 5.80. The van der Waals surface area contributed by atoms with Crippen molar-refractivity contribution in [1.82, 2.24) is 9.80 Å². The lowest BCUT2D eigenvalue weighted by Crippen LogP contribution is -2.55. The van der Waals surface area contributed by atoms with Crippen LogP contribution in [-0.4, -0.2) is 65.2 Å². The molecule has 1 saturated carbocycles. The van der Waals surface area contributed by atoms with Crippen LogP contribution in [0.2, 0.25) is 0 Å². The highest BCUT2D eigenvalue weighted by atomic mass is 16.5. The van der Waals surface area contributed by atoms with Crippen LogP contribution in [0.3, 0.4) is 0 Å². The van der Waals surface area contributed by atoms with Gasteiger partial charge in [-0.3, -0.25) is 9.69 Å². The van der Waals surface area contributed by atoms with Crippen molar-refractivity contribution in [1.29, 1.82) is 0 Å². The lowest BCUT2D eigenvalue weighted by Gasteiger charge is -2.39. The molecule has 3 atom stereocenters. The zero-order chi connectivity index (χ0) is 16.9. The average Bonchev–Trinajstić information content (AvgIpc) is 3.06. The Morgan fingerprint density at radius 1 is 1.21 bits per heavy atom. The summed E-state index contributed by atoms with van der Waals surface area (Å²) >= 11 is 0. The van der Waals surface area contributed by atoms with Gasteiger partial charge in [0, 0.05) is 32.2 Å². The standard InChI is InChI=1S/C19H28N2O3/c1-15(24-14-16-6-3-2-4-7-16)19(23)21-12-10-20(11-13-21)17-8-5-9-18(17)22/h2-4,6-7,15,17-18,22H,5,8-14H2,1H3/t15-,17-,18+/m0/s1. The molecule has 0 aromatic heterocycles. The number of hydrogen-bond acceptors (Lipinski definition) is 4. The molecule has 2 fully saturated rings. The minimum atomic E-state index is -0.422. The van der Waals surface area contributed by atoms with Crippen LogP contribution in [0.15, 0.2) is 30.3 Å². The molecule has 2 aliphatic rings. The van der Waals surface area contributed by atoms with Crippen molar-refractivity contribution in [3.63, 3.8) is 0 Å². The van der Waals surface area contributed by atoms with Crippen molar-refractivity contribution in [2.45, 2.75) is 51.0 Å². The molecule has 5 nitrogen and oxygen atoms in total. The van der Waals surface area contributed by atoms with E-state index in [4.69, 9.17) is 4.74 Å². The molecular weight excluding hydrogens is 304 g/mol. The van der Waals surface area contributed by atoms with Gasteiger partial charge in [-0.1, -0.05) is 30.3 Å². The first kappa shape index (κ1) is 17.4. The summed E-state index contributed by atoms with van der Waals surface area (Å²) in [6.45, 7) is 5.43. The Morgan fingerprint density at radius 2 is 1.92 bits per heavy atom. The van der Waals surface area contributed by atoms with Crippen LogP contribution in [0, 0.1) is 0 Å². The van der Waals surface area contributed by atoms with E-state index < -0.39 is 6.10 Å². The molecule has 1 aromatic carbocycles. The van der Waals surface area contributed by atoms with E-state index in [0.29, 0.717) is 6.61 Å². The number of nitrogens with zero attached hydrogens (tertiary/aromatic N) is 2. The van der Waals surface area contributed by atoms with Gasteiger partial charge in [0.2, 0.25) is 0 Å². The molecular formula is C19H28N2O3. The number of aliphatic hydroxyl groups excluding tert-OH is 1. The van der Waals surface area contributed by atoms with Crippen LogP contribution in [0.25, 0.3) is 0 Å². The maximum absolute atomic E-state index is 12.5. The van der Waals surface area contributed by atoms with Crippen molar-refractivity contribution in [2.24, 2.45) is 0 Å². The number of amides is 1. The van der Waals surface area contributed by atoms with E-state index in [2.05, 4.69) is 4.90 Å². The van der Waals surface area contributed by atoms with Gasteiger partial charge in [0.1, 0.15) is 6.10 Å². The number of ether oxygens (including phenoxy) is 1. The van der Waals surface area contributed by atoms with Crippen LogP contribution in [0.1, 0.15) is 31.7 Å². The SMILES string of the molecule is C[C@H](OCc1ccccc1)C(=O)N1CCN([C@H]2CCC[C@H]2O)CC1. The molecule has 3 rings (SSSR count). The van der Waals surface area contributed by atoms with Crippen LogP contribution in [0.5, 0.6) is 0 Å². The first-order chi connectivity index (χ1) is 11.6. The van der Waals surface area contributed by atoms with Gasteiger partial charge in [0.05, 0.1) is 12.7 Å². The van der Waals surface area contributed by atoms with Gasteiger partial charge in [-0.05, 0) is 31.7 Å². The predicted octanol–water partition coefficient (Wildman–Crippen LogP) is 1.65. The van der Waals surface area contributed by atoms with E-state index in [9.17, 15) is 9.90 Å². The number of hydrogen-bond donors (Lipinski definition) is 1. The Kier molecular flexibility index (Phi) is 5.87. The molecule has 0 radical (unpaired) electrons. The minimum Gasteiger partial charge on any atom is -0.391 e. The third kappa shape index (κ3) is 4.15. The molecule has 1 aliphatic heterocycles. The normalized spacial score (nSPS) is 26.5. The van der Waals surface area contributed by atoms with Gasteiger partial charge in [-0.15, -0.1) is 0 Å². The van der Waals surface area contributed by atoms with Gasteiger partial charge in [0.15, 0.2) is 0 Å². The summed E-state index contributed by atoms with van der Waals surface area (Å²) in [5, 5.41) is 10.0. The zero-order valence-electron chi connectivity index (χ0n) is 14.4. The second-order valence-corrected chi connectivity index (χ2v) is 6.87. The highest BCUT2D eigenvalue weighted by Crippen LogP contribution is 2.25. The quantitative estimate of drug-likeness (QED) is 0.891. The van der Waals surface area contributed by atoms with E-state index in [0.717, 1.165) is 51.0 Å². The molecule has 132 valence electrons. The van der Waals surface area contributed by atoms with E-state index in [1.54, 1.807) is 0 Å². The van der Waals surface area contributed by atoms with Crippen LogP contribution in [0.4, 0.5) is 0 Å². The second-order valence-electron chi connectivity index (χ2n) is 6.87. The predicted molar refractivity (Wildman–Crippen MR) is 92.5 cm³/mol.